The van der Waals surface area contributed by atoms with Crippen LogP contribution in [0, 0.1) is 11.8 Å². The Kier molecular flexibility index (Phi) is 15.9. The van der Waals surface area contributed by atoms with Crippen LogP contribution in [0.15, 0.2) is 10.8 Å². The summed E-state index contributed by atoms with van der Waals surface area (Å²) in [7, 11) is 3.37. The van der Waals surface area contributed by atoms with Gasteiger partial charge in [0.05, 0.1) is 34.5 Å². The molecule has 0 aliphatic rings. The fourth-order valence-corrected chi connectivity index (χ4v) is 6.05. The number of amides is 6. The van der Waals surface area contributed by atoms with Crippen molar-refractivity contribution < 1.29 is 19.2 Å². The molecule has 12 nitrogen and oxygen atoms in total. The summed E-state index contributed by atoms with van der Waals surface area (Å²) in [5, 5.41) is 17.5. The van der Waals surface area contributed by atoms with Gasteiger partial charge in [-0.15, -0.1) is 22.7 Å². The molecule has 6 amide bonds. The monoisotopic (exact) mass is 678 g/mol. The summed E-state index contributed by atoms with van der Waals surface area (Å²) in [6, 6.07) is -2.04. The largest absolute Gasteiger partial charge is 0.354 e. The number of aromatic nitrogens is 2. The van der Waals surface area contributed by atoms with Gasteiger partial charge < -0.3 is 31.1 Å². The van der Waals surface area contributed by atoms with Crippen LogP contribution in [-0.4, -0.2) is 82.9 Å². The van der Waals surface area contributed by atoms with Gasteiger partial charge in [-0.1, -0.05) is 55.4 Å². The zero-order chi connectivity index (χ0) is 34.6. The smallest absolute Gasteiger partial charge is 0.318 e. The van der Waals surface area contributed by atoms with Crippen LogP contribution in [0.25, 0.3) is 0 Å². The van der Waals surface area contributed by atoms with Crippen LogP contribution in [0.2, 0.25) is 0 Å². The Labute approximate surface area is 282 Å². The molecule has 0 radical (unpaired) electrons. The summed E-state index contributed by atoms with van der Waals surface area (Å²) in [4.78, 5) is 63.7. The zero-order valence-electron chi connectivity index (χ0n) is 29.1. The molecule has 0 bridgehead atoms. The predicted octanol–water partition coefficient (Wildman–Crippen LogP) is 4.89. The van der Waals surface area contributed by atoms with Gasteiger partial charge in [-0.05, 0) is 24.7 Å². The molecule has 0 aromatic carbocycles. The molecule has 0 saturated carbocycles. The standard InChI is InChI=1S/C32H54N8O4S2/c1-19(2)25(37-31(43)39(9)15-23-17-45-29(35-23)21(5)6)27(41)33-13-11-12-14-34-28(42)26(20(3)4)38-32(44)40(10)16-24-18-46-30(36-24)22(7)8/h17-22,25-26H,11-16H2,1-10H3,(H,33,41)(H,34,42)(H,37,43)(H,38,44)/t25-,26-/m0/s1. The van der Waals surface area contributed by atoms with E-state index in [1.165, 1.54) is 9.80 Å². The summed E-state index contributed by atoms with van der Waals surface area (Å²) >= 11 is 3.16. The lowest BCUT2D eigenvalue weighted by atomic mass is 10.0. The van der Waals surface area contributed by atoms with Gasteiger partial charge in [-0.25, -0.2) is 19.6 Å². The molecule has 0 fully saturated rings. The number of rotatable bonds is 17. The first-order valence-corrected chi connectivity index (χ1v) is 17.8. The third-order valence-electron chi connectivity index (χ3n) is 7.28. The van der Waals surface area contributed by atoms with E-state index in [4.69, 9.17) is 0 Å². The number of nitrogens with zero attached hydrogens (tertiary/aromatic N) is 4. The molecule has 46 heavy (non-hydrogen) atoms. The van der Waals surface area contributed by atoms with Crippen LogP contribution < -0.4 is 21.3 Å². The summed E-state index contributed by atoms with van der Waals surface area (Å²) in [6.07, 6.45) is 1.28. The molecular weight excluding hydrogens is 625 g/mol. The second kappa shape index (κ2) is 18.8. The van der Waals surface area contributed by atoms with E-state index in [9.17, 15) is 19.2 Å². The number of hydrogen-bond donors (Lipinski definition) is 4. The second-order valence-electron chi connectivity index (χ2n) is 13.0. The predicted molar refractivity (Wildman–Crippen MR) is 185 cm³/mol. The highest BCUT2D eigenvalue weighted by Crippen LogP contribution is 2.21. The Morgan fingerprint density at radius 1 is 0.652 bits per heavy atom. The summed E-state index contributed by atoms with van der Waals surface area (Å²) in [6.45, 7) is 17.4. The average molecular weight is 679 g/mol. The SMILES string of the molecule is CC(C)c1nc(CN(C)C(=O)N[C@H](C(=O)NCCCCNC(=O)[C@@H](NC(=O)N(C)Cc2csc(C(C)C)n2)C(C)C)C(C)C)cs1. The van der Waals surface area contributed by atoms with E-state index >= 15 is 0 Å². The first-order valence-electron chi connectivity index (χ1n) is 16.1. The molecule has 2 aromatic heterocycles. The van der Waals surface area contributed by atoms with Crippen molar-refractivity contribution in [3.63, 3.8) is 0 Å². The van der Waals surface area contributed by atoms with Gasteiger partial charge in [0.15, 0.2) is 0 Å². The Morgan fingerprint density at radius 3 is 1.28 bits per heavy atom. The number of unbranched alkanes of at least 4 members (excludes halogenated alkanes) is 1. The maximum atomic E-state index is 12.9. The third-order valence-corrected chi connectivity index (χ3v) is 9.67. The van der Waals surface area contributed by atoms with Crippen molar-refractivity contribution in [3.05, 3.63) is 32.2 Å². The van der Waals surface area contributed by atoms with E-state index in [0.29, 0.717) is 50.9 Å². The van der Waals surface area contributed by atoms with E-state index in [1.807, 2.05) is 38.5 Å². The van der Waals surface area contributed by atoms with Crippen LogP contribution in [0.4, 0.5) is 9.59 Å². The van der Waals surface area contributed by atoms with Crippen molar-refractivity contribution in [3.8, 4) is 0 Å². The van der Waals surface area contributed by atoms with Gasteiger partial charge in [0.25, 0.3) is 0 Å². The van der Waals surface area contributed by atoms with Crippen LogP contribution in [-0.2, 0) is 22.7 Å². The van der Waals surface area contributed by atoms with E-state index in [2.05, 4.69) is 58.9 Å². The number of urea groups is 2. The lowest BCUT2D eigenvalue weighted by Gasteiger charge is -2.25. The lowest BCUT2D eigenvalue weighted by Crippen LogP contribution is -2.53. The molecular formula is C32H54N8O4S2. The van der Waals surface area contributed by atoms with Crippen LogP contribution in [0.1, 0.15) is 101 Å². The van der Waals surface area contributed by atoms with Gasteiger partial charge in [0, 0.05) is 49.8 Å². The highest BCUT2D eigenvalue weighted by Gasteiger charge is 2.27. The fraction of sp³-hybridized carbons (Fsp3) is 0.688. The summed E-state index contributed by atoms with van der Waals surface area (Å²) < 4.78 is 0. The highest BCUT2D eigenvalue weighted by atomic mass is 32.1. The molecule has 258 valence electrons. The van der Waals surface area contributed by atoms with Crippen molar-refractivity contribution in [1.82, 2.24) is 41.0 Å². The Bertz CT molecular complexity index is 1180. The number of thiazole rings is 2. The zero-order valence-corrected chi connectivity index (χ0v) is 30.7. The molecule has 14 heteroatoms. The maximum absolute atomic E-state index is 12.9. The first-order chi connectivity index (χ1) is 21.6. The molecule has 2 heterocycles. The van der Waals surface area contributed by atoms with Crippen molar-refractivity contribution in [2.75, 3.05) is 27.2 Å². The number of hydrogen-bond acceptors (Lipinski definition) is 8. The van der Waals surface area contributed by atoms with Gasteiger partial charge in [-0.2, -0.15) is 0 Å². The minimum atomic E-state index is -0.683. The molecule has 2 atom stereocenters. The number of carbonyl (C=O) groups is 4. The highest BCUT2D eigenvalue weighted by molar-refractivity contribution is 7.10. The van der Waals surface area contributed by atoms with Gasteiger partial charge in [0.2, 0.25) is 11.8 Å². The van der Waals surface area contributed by atoms with Crippen molar-refractivity contribution in [1.29, 1.82) is 0 Å². The van der Waals surface area contributed by atoms with Crippen LogP contribution >= 0.6 is 22.7 Å². The minimum Gasteiger partial charge on any atom is -0.354 e. The second-order valence-corrected chi connectivity index (χ2v) is 14.8. The van der Waals surface area contributed by atoms with Gasteiger partial charge in [-0.3, -0.25) is 9.59 Å². The Balaban J connectivity index is 1.74. The maximum Gasteiger partial charge on any atom is 0.318 e. The molecule has 0 spiro atoms. The Hall–Kier alpha value is -3.26. The molecule has 4 N–H and O–H groups in total. The van der Waals surface area contributed by atoms with E-state index < -0.39 is 12.1 Å². The van der Waals surface area contributed by atoms with E-state index in [0.717, 1.165) is 21.4 Å². The fourth-order valence-electron chi connectivity index (χ4n) is 4.40. The van der Waals surface area contributed by atoms with Crippen molar-refractivity contribution in [2.24, 2.45) is 11.8 Å². The average Bonchev–Trinajstić information content (AvgIpc) is 3.65. The third kappa shape index (κ3) is 12.5. The molecule has 2 aromatic rings. The van der Waals surface area contributed by atoms with Gasteiger partial charge >= 0.3 is 12.1 Å². The van der Waals surface area contributed by atoms with E-state index in [1.54, 1.807) is 36.8 Å². The van der Waals surface area contributed by atoms with Crippen molar-refractivity contribution >= 4 is 46.6 Å². The molecule has 0 unspecified atom stereocenters. The molecule has 2 rings (SSSR count). The molecule has 0 aliphatic heterocycles. The van der Waals surface area contributed by atoms with Crippen LogP contribution in [0.3, 0.4) is 0 Å². The normalized spacial score (nSPS) is 12.7. The Morgan fingerprint density at radius 2 is 1.00 bits per heavy atom. The van der Waals surface area contributed by atoms with Gasteiger partial charge in [0.1, 0.15) is 12.1 Å². The quantitative estimate of drug-likeness (QED) is 0.175. The topological polar surface area (TPSA) is 149 Å². The first kappa shape index (κ1) is 38.9. The number of carbonyl (C=O) groups excluding carboxylic acids is 4. The molecule has 0 saturated heterocycles. The number of nitrogens with one attached hydrogen (secondary N) is 4. The lowest BCUT2D eigenvalue weighted by molar-refractivity contribution is -0.124. The summed E-state index contributed by atoms with van der Waals surface area (Å²) in [5.41, 5.74) is 1.65. The van der Waals surface area contributed by atoms with Crippen molar-refractivity contribution in [2.45, 2.75) is 105 Å². The molecule has 0 aliphatic carbocycles. The minimum absolute atomic E-state index is 0.107. The summed E-state index contributed by atoms with van der Waals surface area (Å²) in [5.74, 6) is -0.0471. The van der Waals surface area contributed by atoms with E-state index in [-0.39, 0.29) is 35.7 Å². The van der Waals surface area contributed by atoms with Crippen LogP contribution in [0.5, 0.6) is 0 Å².